The van der Waals surface area contributed by atoms with Crippen molar-refractivity contribution in [3.8, 4) is 17.1 Å². The number of hydrogen-bond acceptors (Lipinski definition) is 4. The van der Waals surface area contributed by atoms with Gasteiger partial charge in [-0.1, -0.05) is 12.1 Å². The summed E-state index contributed by atoms with van der Waals surface area (Å²) in [6.45, 7) is 0.517. The van der Waals surface area contributed by atoms with Crippen molar-refractivity contribution in [1.82, 2.24) is 19.5 Å². The molecule has 0 saturated heterocycles. The molecule has 1 N–H and O–H groups in total. The van der Waals surface area contributed by atoms with E-state index in [0.29, 0.717) is 18.0 Å². The van der Waals surface area contributed by atoms with Crippen LogP contribution in [0.1, 0.15) is 5.56 Å². The van der Waals surface area contributed by atoms with E-state index >= 15 is 0 Å². The number of azide groups is 1. The molecule has 0 aliphatic rings. The number of ether oxygens (including phenoxy) is 1. The van der Waals surface area contributed by atoms with Gasteiger partial charge >= 0.3 is 0 Å². The lowest BCUT2D eigenvalue weighted by molar-refractivity contribution is 0.414. The molecule has 0 spiro atoms. The van der Waals surface area contributed by atoms with E-state index in [1.807, 2.05) is 53.2 Å². The van der Waals surface area contributed by atoms with Gasteiger partial charge in [-0.25, -0.2) is 4.98 Å². The molecular weight excluding hydrogens is 330 g/mol. The number of aromatic nitrogens is 4. The Kier molecular flexibility index (Phi) is 4.01. The summed E-state index contributed by atoms with van der Waals surface area (Å²) in [4.78, 5) is 15.0. The number of rotatable bonds is 5. The van der Waals surface area contributed by atoms with Gasteiger partial charge in [0.25, 0.3) is 0 Å². The van der Waals surface area contributed by atoms with Gasteiger partial charge in [0.05, 0.1) is 18.3 Å². The zero-order valence-corrected chi connectivity index (χ0v) is 14.0. The molecule has 0 atom stereocenters. The minimum atomic E-state index is 0.305. The molecule has 8 heteroatoms. The number of nitrogens with zero attached hydrogens (tertiary/aromatic N) is 6. The Morgan fingerprint density at radius 1 is 1.23 bits per heavy atom. The number of imidazole rings is 1. The fraction of sp³-hybridized carbons (Fsp3) is 0.111. The molecule has 0 aliphatic carbocycles. The van der Waals surface area contributed by atoms with Crippen LogP contribution in [0.4, 0.5) is 5.95 Å². The smallest absolute Gasteiger partial charge is 0.198 e. The molecule has 0 saturated carbocycles. The van der Waals surface area contributed by atoms with Crippen LogP contribution in [-0.4, -0.2) is 26.6 Å². The number of hydrogen-bond donors (Lipinski definition) is 1. The topological polar surface area (TPSA) is 104 Å². The average molecular weight is 345 g/mol. The first-order valence-corrected chi connectivity index (χ1v) is 7.97. The van der Waals surface area contributed by atoms with Crippen molar-refractivity contribution in [2.24, 2.45) is 5.11 Å². The van der Waals surface area contributed by atoms with Crippen molar-refractivity contribution >= 4 is 17.0 Å². The first-order valence-electron chi connectivity index (χ1n) is 7.97. The Bertz CT molecular complexity index is 1090. The molecule has 1 aromatic carbocycles. The average Bonchev–Trinajstić information content (AvgIpc) is 3.31. The maximum absolute atomic E-state index is 8.92. The lowest BCUT2D eigenvalue weighted by atomic mass is 10.2. The maximum Gasteiger partial charge on any atom is 0.198 e. The van der Waals surface area contributed by atoms with E-state index in [1.165, 1.54) is 0 Å². The first kappa shape index (κ1) is 15.7. The van der Waals surface area contributed by atoms with E-state index in [4.69, 9.17) is 10.3 Å². The number of benzene rings is 1. The molecule has 0 unspecified atom stereocenters. The van der Waals surface area contributed by atoms with E-state index < -0.39 is 0 Å². The standard InChI is InChI=1S/C18H15N7O/c1-26-13-6-4-12(5-7-13)11-25-15-8-10-21-16(14-3-2-9-20-14)17(15)22-18(25)23-24-19/h2-10,20H,11H2,1H3. The Balaban J connectivity index is 1.85. The zero-order chi connectivity index (χ0) is 17.9. The first-order chi connectivity index (χ1) is 12.8. The number of aromatic amines is 1. The normalized spacial score (nSPS) is 10.7. The fourth-order valence-electron chi connectivity index (χ4n) is 2.90. The van der Waals surface area contributed by atoms with Crippen LogP contribution in [0, 0.1) is 0 Å². The summed E-state index contributed by atoms with van der Waals surface area (Å²) >= 11 is 0. The van der Waals surface area contributed by atoms with Crippen molar-refractivity contribution in [2.45, 2.75) is 6.54 Å². The summed E-state index contributed by atoms with van der Waals surface area (Å²) in [7, 11) is 1.63. The molecule has 0 radical (unpaired) electrons. The summed E-state index contributed by atoms with van der Waals surface area (Å²) in [5.41, 5.74) is 13.1. The van der Waals surface area contributed by atoms with Crippen LogP contribution in [0.25, 0.3) is 32.9 Å². The summed E-state index contributed by atoms with van der Waals surface area (Å²) in [5.74, 6) is 1.09. The third kappa shape index (κ3) is 2.74. The summed E-state index contributed by atoms with van der Waals surface area (Å²) in [6, 6.07) is 13.4. The molecule has 0 aliphatic heterocycles. The number of methoxy groups -OCH3 is 1. The van der Waals surface area contributed by atoms with Crippen molar-refractivity contribution in [3.05, 3.63) is 70.9 Å². The lowest BCUT2D eigenvalue weighted by Gasteiger charge is -2.08. The molecule has 4 rings (SSSR count). The van der Waals surface area contributed by atoms with Crippen molar-refractivity contribution in [2.75, 3.05) is 7.11 Å². The van der Waals surface area contributed by atoms with Crippen LogP contribution in [0.2, 0.25) is 0 Å². The molecule has 128 valence electrons. The second-order valence-corrected chi connectivity index (χ2v) is 5.65. The van der Waals surface area contributed by atoms with Crippen LogP contribution in [0.3, 0.4) is 0 Å². The van der Waals surface area contributed by atoms with Crippen molar-refractivity contribution in [3.63, 3.8) is 0 Å². The van der Waals surface area contributed by atoms with Gasteiger partial charge in [-0.2, -0.15) is 0 Å². The number of nitrogens with one attached hydrogen (secondary N) is 1. The molecule has 4 aromatic rings. The maximum atomic E-state index is 8.92. The Hall–Kier alpha value is -3.77. The van der Waals surface area contributed by atoms with Crippen LogP contribution in [0.15, 0.2) is 60.0 Å². The van der Waals surface area contributed by atoms with Crippen LogP contribution >= 0.6 is 0 Å². The van der Waals surface area contributed by atoms with Crippen LogP contribution < -0.4 is 4.74 Å². The molecule has 3 heterocycles. The van der Waals surface area contributed by atoms with Gasteiger partial charge in [0.15, 0.2) is 5.95 Å². The highest BCUT2D eigenvalue weighted by molar-refractivity contribution is 5.90. The van der Waals surface area contributed by atoms with Gasteiger partial charge in [0.2, 0.25) is 0 Å². The highest BCUT2D eigenvalue weighted by atomic mass is 16.5. The van der Waals surface area contributed by atoms with Crippen LogP contribution in [-0.2, 0) is 6.54 Å². The van der Waals surface area contributed by atoms with E-state index in [2.05, 4.69) is 25.0 Å². The predicted octanol–water partition coefficient (Wildman–Crippen LogP) is 4.43. The molecule has 0 bridgehead atoms. The number of H-pyrrole nitrogens is 1. The predicted molar refractivity (Wildman–Crippen MR) is 98.2 cm³/mol. The molecule has 8 nitrogen and oxygen atoms in total. The van der Waals surface area contributed by atoms with Gasteiger partial charge in [0.1, 0.15) is 17.0 Å². The fourth-order valence-corrected chi connectivity index (χ4v) is 2.90. The van der Waals surface area contributed by atoms with Gasteiger partial charge in [0, 0.05) is 23.9 Å². The number of fused-ring (bicyclic) bond motifs is 1. The monoisotopic (exact) mass is 345 g/mol. The third-order valence-electron chi connectivity index (χ3n) is 4.13. The Labute approximate surface area is 148 Å². The second kappa shape index (κ2) is 6.62. The summed E-state index contributed by atoms with van der Waals surface area (Å²) in [6.07, 6.45) is 3.56. The van der Waals surface area contributed by atoms with E-state index in [9.17, 15) is 0 Å². The minimum absolute atomic E-state index is 0.305. The lowest BCUT2D eigenvalue weighted by Crippen LogP contribution is -1.99. The summed E-state index contributed by atoms with van der Waals surface area (Å²) < 4.78 is 7.08. The molecular formula is C18H15N7O. The van der Waals surface area contributed by atoms with Crippen molar-refractivity contribution < 1.29 is 4.74 Å². The Morgan fingerprint density at radius 2 is 2.08 bits per heavy atom. The second-order valence-electron chi connectivity index (χ2n) is 5.65. The van der Waals surface area contributed by atoms with E-state index in [-0.39, 0.29) is 0 Å². The zero-order valence-electron chi connectivity index (χ0n) is 14.0. The molecule has 3 aromatic heterocycles. The van der Waals surface area contributed by atoms with Gasteiger partial charge in [-0.05, 0) is 46.5 Å². The van der Waals surface area contributed by atoms with Crippen molar-refractivity contribution in [1.29, 1.82) is 0 Å². The SMILES string of the molecule is COc1ccc(Cn2c(N=[N+]=[N-])nc3c(-c4ccc[nH]4)nccc32)cc1. The van der Waals surface area contributed by atoms with Gasteiger partial charge < -0.3 is 14.3 Å². The molecule has 26 heavy (non-hydrogen) atoms. The highest BCUT2D eigenvalue weighted by Gasteiger charge is 2.15. The van der Waals surface area contributed by atoms with Crippen LogP contribution in [0.5, 0.6) is 5.75 Å². The van der Waals surface area contributed by atoms with E-state index in [1.54, 1.807) is 13.3 Å². The molecule has 0 fully saturated rings. The summed E-state index contributed by atoms with van der Waals surface area (Å²) in [5, 5.41) is 3.77. The minimum Gasteiger partial charge on any atom is -0.497 e. The molecule has 0 amide bonds. The third-order valence-corrected chi connectivity index (χ3v) is 4.13. The highest BCUT2D eigenvalue weighted by Crippen LogP contribution is 2.29. The van der Waals surface area contributed by atoms with E-state index in [0.717, 1.165) is 28.2 Å². The number of pyridine rings is 1. The quantitative estimate of drug-likeness (QED) is 0.329. The largest absolute Gasteiger partial charge is 0.497 e. The Morgan fingerprint density at radius 3 is 2.77 bits per heavy atom. The van der Waals surface area contributed by atoms with Gasteiger partial charge in [-0.15, -0.1) is 0 Å². The van der Waals surface area contributed by atoms with Gasteiger partial charge in [-0.3, -0.25) is 4.98 Å².